The normalized spacial score (nSPS) is 10.5. The number of rotatable bonds is 4. The summed E-state index contributed by atoms with van der Waals surface area (Å²) < 4.78 is 10.3. The molecule has 0 spiro atoms. The molecule has 2 N–H and O–H groups in total. The number of hydrogen-bond donors (Lipinski definition) is 1. The van der Waals surface area contributed by atoms with E-state index in [1.807, 2.05) is 12.1 Å². The largest absolute Gasteiger partial charge is 0.495 e. The maximum atomic E-state index is 6.04. The fourth-order valence-corrected chi connectivity index (χ4v) is 1.79. The number of methoxy groups -OCH3 is 1. The first-order valence-corrected chi connectivity index (χ1v) is 5.62. The predicted octanol–water partition coefficient (Wildman–Crippen LogP) is 2.50. The highest BCUT2D eigenvalue weighted by molar-refractivity contribution is 6.32. The van der Waals surface area contributed by atoms with Crippen molar-refractivity contribution >= 4 is 11.6 Å². The van der Waals surface area contributed by atoms with Crippen LogP contribution in [0.4, 0.5) is 0 Å². The number of ether oxygens (including phenoxy) is 1. The Kier molecular flexibility index (Phi) is 3.66. The second-order valence-corrected chi connectivity index (χ2v) is 3.98. The molecule has 1 heterocycles. The van der Waals surface area contributed by atoms with Crippen molar-refractivity contribution in [3.05, 3.63) is 35.0 Å². The summed E-state index contributed by atoms with van der Waals surface area (Å²) in [6.45, 7) is 0.551. The van der Waals surface area contributed by atoms with Gasteiger partial charge in [-0.25, -0.2) is 0 Å². The van der Waals surface area contributed by atoms with Crippen molar-refractivity contribution in [2.75, 3.05) is 13.7 Å². The van der Waals surface area contributed by atoms with Crippen molar-refractivity contribution in [3.8, 4) is 17.1 Å². The van der Waals surface area contributed by atoms with Crippen LogP contribution in [0, 0.1) is 0 Å². The lowest BCUT2D eigenvalue weighted by Crippen LogP contribution is -2.02. The molecule has 4 nitrogen and oxygen atoms in total. The van der Waals surface area contributed by atoms with Crippen LogP contribution < -0.4 is 10.5 Å². The highest BCUT2D eigenvalue weighted by atomic mass is 35.5. The number of halogens is 1. The molecule has 2 aromatic rings. The molecule has 0 fully saturated rings. The molecule has 0 atom stereocenters. The molecule has 0 aliphatic carbocycles. The van der Waals surface area contributed by atoms with E-state index < -0.39 is 0 Å². The van der Waals surface area contributed by atoms with Crippen molar-refractivity contribution in [1.29, 1.82) is 0 Å². The van der Waals surface area contributed by atoms with E-state index in [0.717, 1.165) is 11.3 Å². The molecule has 5 heteroatoms. The maximum Gasteiger partial charge on any atom is 0.167 e. The minimum absolute atomic E-state index is 0.543. The lowest BCUT2D eigenvalue weighted by atomic mass is 10.1. The molecule has 1 aromatic heterocycles. The van der Waals surface area contributed by atoms with Crippen LogP contribution >= 0.6 is 11.6 Å². The summed E-state index contributed by atoms with van der Waals surface area (Å²) in [5, 5.41) is 4.47. The molecule has 0 aliphatic rings. The van der Waals surface area contributed by atoms with Crippen LogP contribution in [-0.4, -0.2) is 18.8 Å². The van der Waals surface area contributed by atoms with Crippen LogP contribution in [0.15, 0.2) is 28.8 Å². The predicted molar refractivity (Wildman–Crippen MR) is 66.3 cm³/mol. The molecule has 17 heavy (non-hydrogen) atoms. The Hall–Kier alpha value is -1.52. The first-order chi connectivity index (χ1) is 8.24. The van der Waals surface area contributed by atoms with Gasteiger partial charge in [-0.3, -0.25) is 0 Å². The Morgan fingerprint density at radius 1 is 1.41 bits per heavy atom. The fourth-order valence-electron chi connectivity index (χ4n) is 1.53. The van der Waals surface area contributed by atoms with E-state index in [2.05, 4.69) is 5.16 Å². The Balaban J connectivity index is 2.29. The molecule has 0 aliphatic heterocycles. The highest BCUT2D eigenvalue weighted by Crippen LogP contribution is 2.30. The molecular formula is C12H13ClN2O2. The topological polar surface area (TPSA) is 61.3 Å². The van der Waals surface area contributed by atoms with Gasteiger partial charge in [0, 0.05) is 18.1 Å². The van der Waals surface area contributed by atoms with Crippen LogP contribution in [0.1, 0.15) is 5.69 Å². The van der Waals surface area contributed by atoms with E-state index in [0.29, 0.717) is 29.5 Å². The average Bonchev–Trinajstić information content (AvgIpc) is 2.78. The Morgan fingerprint density at radius 2 is 2.24 bits per heavy atom. The summed E-state index contributed by atoms with van der Waals surface area (Å²) in [5.41, 5.74) is 7.16. The molecule has 0 unspecified atom stereocenters. The SMILES string of the molecule is COc1ccc(-c2cc(CCN)no2)cc1Cl. The zero-order chi connectivity index (χ0) is 12.3. The van der Waals surface area contributed by atoms with Crippen molar-refractivity contribution in [2.45, 2.75) is 6.42 Å². The fraction of sp³-hybridized carbons (Fsp3) is 0.250. The lowest BCUT2D eigenvalue weighted by Gasteiger charge is -2.03. The van der Waals surface area contributed by atoms with E-state index in [4.69, 9.17) is 26.6 Å². The third kappa shape index (κ3) is 2.60. The molecule has 0 bridgehead atoms. The van der Waals surface area contributed by atoms with Gasteiger partial charge in [-0.05, 0) is 24.7 Å². The summed E-state index contributed by atoms with van der Waals surface area (Å²) in [4.78, 5) is 0. The van der Waals surface area contributed by atoms with E-state index in [1.165, 1.54) is 0 Å². The first-order valence-electron chi connectivity index (χ1n) is 5.24. The molecule has 0 amide bonds. The number of benzene rings is 1. The maximum absolute atomic E-state index is 6.04. The van der Waals surface area contributed by atoms with Gasteiger partial charge in [-0.1, -0.05) is 16.8 Å². The molecule has 0 saturated carbocycles. The quantitative estimate of drug-likeness (QED) is 0.908. The van der Waals surface area contributed by atoms with Crippen LogP contribution in [-0.2, 0) is 6.42 Å². The van der Waals surface area contributed by atoms with Crippen LogP contribution in [0.2, 0.25) is 5.02 Å². The molecule has 90 valence electrons. The molecule has 0 saturated heterocycles. The van der Waals surface area contributed by atoms with Crippen molar-refractivity contribution < 1.29 is 9.26 Å². The Labute approximate surface area is 104 Å². The first kappa shape index (κ1) is 12.0. The Bertz CT molecular complexity index is 511. The summed E-state index contributed by atoms with van der Waals surface area (Å²) in [5.74, 6) is 1.31. The van der Waals surface area contributed by atoms with Crippen LogP contribution in [0.25, 0.3) is 11.3 Å². The van der Waals surface area contributed by atoms with Crippen molar-refractivity contribution in [3.63, 3.8) is 0 Å². The molecule has 1 aromatic carbocycles. The average molecular weight is 253 g/mol. The van der Waals surface area contributed by atoms with Crippen molar-refractivity contribution in [2.24, 2.45) is 5.73 Å². The second-order valence-electron chi connectivity index (χ2n) is 3.57. The zero-order valence-corrected chi connectivity index (χ0v) is 10.2. The van der Waals surface area contributed by atoms with E-state index in [9.17, 15) is 0 Å². The third-order valence-electron chi connectivity index (χ3n) is 2.40. The van der Waals surface area contributed by atoms with Crippen LogP contribution in [0.5, 0.6) is 5.75 Å². The summed E-state index contributed by atoms with van der Waals surface area (Å²) in [7, 11) is 1.58. The number of hydrogen-bond acceptors (Lipinski definition) is 4. The second kappa shape index (κ2) is 5.21. The van der Waals surface area contributed by atoms with Crippen LogP contribution in [0.3, 0.4) is 0 Å². The number of nitrogens with two attached hydrogens (primary N) is 1. The number of aromatic nitrogens is 1. The van der Waals surface area contributed by atoms with Gasteiger partial charge in [0.25, 0.3) is 0 Å². The smallest absolute Gasteiger partial charge is 0.167 e. The van der Waals surface area contributed by atoms with Crippen molar-refractivity contribution in [1.82, 2.24) is 5.16 Å². The molecule has 2 rings (SSSR count). The highest BCUT2D eigenvalue weighted by Gasteiger charge is 2.09. The Morgan fingerprint density at radius 3 is 2.88 bits per heavy atom. The molecular weight excluding hydrogens is 240 g/mol. The van der Waals surface area contributed by atoms with Gasteiger partial charge in [0.1, 0.15) is 5.75 Å². The summed E-state index contributed by atoms with van der Waals surface area (Å²) in [6.07, 6.45) is 0.702. The van der Waals surface area contributed by atoms with Gasteiger partial charge in [0.15, 0.2) is 5.76 Å². The minimum atomic E-state index is 0.543. The minimum Gasteiger partial charge on any atom is -0.495 e. The van der Waals surface area contributed by atoms with Gasteiger partial charge in [0.2, 0.25) is 0 Å². The number of nitrogens with zero attached hydrogens (tertiary/aromatic N) is 1. The lowest BCUT2D eigenvalue weighted by molar-refractivity contribution is 0.414. The van der Waals surface area contributed by atoms with E-state index in [1.54, 1.807) is 19.2 Å². The van der Waals surface area contributed by atoms with Gasteiger partial charge in [-0.2, -0.15) is 0 Å². The monoisotopic (exact) mass is 252 g/mol. The standard InChI is InChI=1S/C12H13ClN2O2/c1-16-11-3-2-8(6-10(11)13)12-7-9(4-5-14)15-17-12/h2-3,6-7H,4-5,14H2,1H3. The van der Waals surface area contributed by atoms with Gasteiger partial charge >= 0.3 is 0 Å². The van der Waals surface area contributed by atoms with Gasteiger partial charge in [0.05, 0.1) is 17.8 Å². The zero-order valence-electron chi connectivity index (χ0n) is 9.44. The van der Waals surface area contributed by atoms with E-state index in [-0.39, 0.29) is 0 Å². The third-order valence-corrected chi connectivity index (χ3v) is 2.69. The van der Waals surface area contributed by atoms with Gasteiger partial charge < -0.3 is 15.0 Å². The summed E-state index contributed by atoms with van der Waals surface area (Å²) >= 11 is 6.04. The van der Waals surface area contributed by atoms with Gasteiger partial charge in [-0.15, -0.1) is 0 Å². The van der Waals surface area contributed by atoms with E-state index >= 15 is 0 Å². The summed E-state index contributed by atoms with van der Waals surface area (Å²) in [6, 6.07) is 7.32. The molecule has 0 radical (unpaired) electrons.